The lowest BCUT2D eigenvalue weighted by atomic mass is 10.2. The van der Waals surface area contributed by atoms with Gasteiger partial charge in [-0.1, -0.05) is 58.0 Å². The van der Waals surface area contributed by atoms with E-state index in [1.54, 1.807) is 21.6 Å². The van der Waals surface area contributed by atoms with Crippen molar-refractivity contribution < 1.29 is 18.9 Å². The third-order valence-electron chi connectivity index (χ3n) is 3.81. The van der Waals surface area contributed by atoms with Gasteiger partial charge in [0.25, 0.3) is 0 Å². The highest BCUT2D eigenvalue weighted by molar-refractivity contribution is 8.76. The van der Waals surface area contributed by atoms with Crippen LogP contribution in [0.15, 0.2) is 58.3 Å². The second-order valence-corrected chi connectivity index (χ2v) is 7.60. The van der Waals surface area contributed by atoms with Crippen LogP contribution in [0.4, 0.5) is 0 Å². The molecule has 24 heavy (non-hydrogen) atoms. The predicted molar refractivity (Wildman–Crippen MR) is 93.9 cm³/mol. The fourth-order valence-corrected chi connectivity index (χ4v) is 5.09. The van der Waals surface area contributed by atoms with Crippen molar-refractivity contribution in [2.75, 3.05) is 26.4 Å². The SMILES string of the molecule is c1ccc(C2OCCO2)c(SSc2ccccc2C2OCCO2)c1. The first-order valence-corrected chi connectivity index (χ1v) is 10.1. The Hall–Kier alpha value is -1.02. The van der Waals surface area contributed by atoms with E-state index in [4.69, 9.17) is 18.9 Å². The van der Waals surface area contributed by atoms with Crippen LogP contribution in [0.1, 0.15) is 23.7 Å². The summed E-state index contributed by atoms with van der Waals surface area (Å²) in [6.45, 7) is 2.60. The molecule has 2 heterocycles. The van der Waals surface area contributed by atoms with Crippen LogP contribution < -0.4 is 0 Å². The molecule has 0 atom stereocenters. The van der Waals surface area contributed by atoms with Gasteiger partial charge in [0.05, 0.1) is 26.4 Å². The summed E-state index contributed by atoms with van der Waals surface area (Å²) in [4.78, 5) is 2.30. The molecular formula is C18H18O4S2. The summed E-state index contributed by atoms with van der Waals surface area (Å²) in [7, 11) is 3.41. The van der Waals surface area contributed by atoms with E-state index in [1.807, 2.05) is 24.3 Å². The second-order valence-electron chi connectivity index (χ2n) is 5.39. The van der Waals surface area contributed by atoms with Crippen molar-refractivity contribution >= 4 is 21.6 Å². The van der Waals surface area contributed by atoms with Gasteiger partial charge in [-0.15, -0.1) is 0 Å². The Balaban J connectivity index is 1.51. The monoisotopic (exact) mass is 362 g/mol. The lowest BCUT2D eigenvalue weighted by Crippen LogP contribution is -2.00. The Bertz CT molecular complexity index is 623. The fourth-order valence-electron chi connectivity index (χ4n) is 2.67. The number of benzene rings is 2. The maximum absolute atomic E-state index is 5.65. The van der Waals surface area contributed by atoms with Gasteiger partial charge < -0.3 is 18.9 Å². The topological polar surface area (TPSA) is 36.9 Å². The molecule has 4 rings (SSSR count). The van der Waals surface area contributed by atoms with Crippen molar-refractivity contribution in [3.63, 3.8) is 0 Å². The molecule has 0 saturated carbocycles. The van der Waals surface area contributed by atoms with Crippen LogP contribution in [-0.4, -0.2) is 26.4 Å². The molecule has 0 spiro atoms. The zero-order valence-electron chi connectivity index (χ0n) is 13.1. The summed E-state index contributed by atoms with van der Waals surface area (Å²) in [5.41, 5.74) is 2.16. The van der Waals surface area contributed by atoms with Crippen LogP contribution in [0.25, 0.3) is 0 Å². The fraction of sp³-hybridized carbons (Fsp3) is 0.333. The van der Waals surface area contributed by atoms with Crippen LogP contribution in [0.3, 0.4) is 0 Å². The number of hydrogen-bond acceptors (Lipinski definition) is 6. The minimum Gasteiger partial charge on any atom is -0.346 e. The van der Waals surface area contributed by atoms with Gasteiger partial charge in [-0.3, -0.25) is 0 Å². The maximum Gasteiger partial charge on any atom is 0.185 e. The summed E-state index contributed by atoms with van der Waals surface area (Å²) in [5.74, 6) is 0. The Morgan fingerprint density at radius 2 is 0.958 bits per heavy atom. The van der Waals surface area contributed by atoms with Crippen molar-refractivity contribution in [1.82, 2.24) is 0 Å². The molecule has 0 N–H and O–H groups in total. The van der Waals surface area contributed by atoms with Gasteiger partial charge in [0.15, 0.2) is 12.6 Å². The number of hydrogen-bond donors (Lipinski definition) is 0. The van der Waals surface area contributed by atoms with Gasteiger partial charge in [0, 0.05) is 20.9 Å². The Kier molecular flexibility index (Phi) is 5.42. The average molecular weight is 362 g/mol. The van der Waals surface area contributed by atoms with Gasteiger partial charge in [-0.25, -0.2) is 0 Å². The third kappa shape index (κ3) is 3.64. The highest BCUT2D eigenvalue weighted by Crippen LogP contribution is 2.44. The third-order valence-corrected chi connectivity index (χ3v) is 6.32. The molecule has 2 fully saturated rings. The zero-order valence-corrected chi connectivity index (χ0v) is 14.7. The molecule has 0 aliphatic carbocycles. The van der Waals surface area contributed by atoms with E-state index in [9.17, 15) is 0 Å². The highest BCUT2D eigenvalue weighted by atomic mass is 33.1. The molecule has 0 aromatic heterocycles. The molecular weight excluding hydrogens is 344 g/mol. The second kappa shape index (κ2) is 7.91. The smallest absolute Gasteiger partial charge is 0.185 e. The molecule has 2 aromatic rings. The van der Waals surface area contributed by atoms with E-state index < -0.39 is 0 Å². The summed E-state index contributed by atoms with van der Waals surface area (Å²) < 4.78 is 22.6. The largest absolute Gasteiger partial charge is 0.346 e. The van der Waals surface area contributed by atoms with Gasteiger partial charge in [-0.05, 0) is 12.1 Å². The molecule has 2 saturated heterocycles. The predicted octanol–water partition coefficient (Wildman–Crippen LogP) is 4.58. The van der Waals surface area contributed by atoms with Crippen LogP contribution in [0.2, 0.25) is 0 Å². The maximum atomic E-state index is 5.65. The molecule has 0 radical (unpaired) electrons. The Labute approximate surface area is 149 Å². The van der Waals surface area contributed by atoms with E-state index in [0.717, 1.165) is 20.9 Å². The van der Waals surface area contributed by atoms with Gasteiger partial charge in [0.1, 0.15) is 0 Å². The molecule has 4 nitrogen and oxygen atoms in total. The Morgan fingerprint density at radius 1 is 0.583 bits per heavy atom. The summed E-state index contributed by atoms with van der Waals surface area (Å²) in [6, 6.07) is 16.4. The molecule has 0 unspecified atom stereocenters. The van der Waals surface area contributed by atoms with Crippen LogP contribution in [0, 0.1) is 0 Å². The van der Waals surface area contributed by atoms with Crippen molar-refractivity contribution in [2.24, 2.45) is 0 Å². The minimum atomic E-state index is -0.258. The van der Waals surface area contributed by atoms with Crippen molar-refractivity contribution in [2.45, 2.75) is 22.4 Å². The summed E-state index contributed by atoms with van der Waals surface area (Å²) in [6.07, 6.45) is -0.517. The molecule has 2 aliphatic rings. The molecule has 126 valence electrons. The van der Waals surface area contributed by atoms with E-state index >= 15 is 0 Å². The molecule has 6 heteroatoms. The van der Waals surface area contributed by atoms with Crippen molar-refractivity contribution in [1.29, 1.82) is 0 Å². The van der Waals surface area contributed by atoms with Gasteiger partial charge in [-0.2, -0.15) is 0 Å². The molecule has 2 aromatic carbocycles. The quantitative estimate of drug-likeness (QED) is 0.725. The van der Waals surface area contributed by atoms with Gasteiger partial charge >= 0.3 is 0 Å². The first-order valence-electron chi connectivity index (χ1n) is 7.90. The number of rotatable bonds is 5. The lowest BCUT2D eigenvalue weighted by molar-refractivity contribution is -0.0462. The van der Waals surface area contributed by atoms with Crippen molar-refractivity contribution in [3.05, 3.63) is 59.7 Å². The van der Waals surface area contributed by atoms with Crippen LogP contribution in [0.5, 0.6) is 0 Å². The summed E-state index contributed by atoms with van der Waals surface area (Å²) in [5, 5.41) is 0. The summed E-state index contributed by atoms with van der Waals surface area (Å²) >= 11 is 0. The van der Waals surface area contributed by atoms with Crippen molar-refractivity contribution in [3.8, 4) is 0 Å². The molecule has 2 aliphatic heterocycles. The van der Waals surface area contributed by atoms with E-state index in [0.29, 0.717) is 26.4 Å². The Morgan fingerprint density at radius 3 is 1.38 bits per heavy atom. The zero-order chi connectivity index (χ0) is 16.2. The first-order chi connectivity index (χ1) is 11.9. The minimum absolute atomic E-state index is 0.258. The average Bonchev–Trinajstić information content (AvgIpc) is 3.34. The lowest BCUT2D eigenvalue weighted by Gasteiger charge is -2.16. The normalized spacial score (nSPS) is 19.2. The standard InChI is InChI=1S/C18H18O4S2/c1-3-7-15(13(5-1)17-19-9-10-20-17)23-24-16-8-4-2-6-14(16)18-21-11-12-22-18/h1-8,17-18H,9-12H2. The molecule has 0 bridgehead atoms. The van der Waals surface area contributed by atoms with Crippen LogP contribution >= 0.6 is 21.6 Å². The highest BCUT2D eigenvalue weighted by Gasteiger charge is 2.23. The number of ether oxygens (including phenoxy) is 4. The van der Waals surface area contributed by atoms with E-state index in [2.05, 4.69) is 24.3 Å². The van der Waals surface area contributed by atoms with Gasteiger partial charge in [0.2, 0.25) is 0 Å². The molecule has 0 amide bonds. The van der Waals surface area contributed by atoms with Crippen LogP contribution in [-0.2, 0) is 18.9 Å². The van der Waals surface area contributed by atoms with E-state index in [-0.39, 0.29) is 12.6 Å². The van der Waals surface area contributed by atoms with E-state index in [1.165, 1.54) is 0 Å². The first kappa shape index (κ1) is 16.4.